The van der Waals surface area contributed by atoms with Crippen LogP contribution in [-0.4, -0.2) is 15.5 Å². The van der Waals surface area contributed by atoms with Crippen LogP contribution in [0.5, 0.6) is 0 Å². The van der Waals surface area contributed by atoms with Crippen LogP contribution < -0.4 is 5.32 Å². The Bertz CT molecular complexity index is 603. The molecule has 1 heterocycles. The van der Waals surface area contributed by atoms with E-state index in [9.17, 15) is 4.79 Å². The molecule has 0 spiro atoms. The van der Waals surface area contributed by atoms with Crippen LogP contribution in [0.25, 0.3) is 0 Å². The number of aryl methyl sites for hydroxylation is 1. The van der Waals surface area contributed by atoms with E-state index in [0.29, 0.717) is 17.0 Å². The summed E-state index contributed by atoms with van der Waals surface area (Å²) < 4.78 is 3.77. The molecule has 0 fully saturated rings. The fraction of sp³-hybridized carbons (Fsp3) is 0.231. The second kappa shape index (κ2) is 6.07. The quantitative estimate of drug-likeness (QED) is 0.924. The molecule has 0 aliphatic heterocycles. The smallest absolute Gasteiger partial charge is 0.266 e. The minimum atomic E-state index is -0.666. The first-order chi connectivity index (χ1) is 9.26. The average Bonchev–Trinajstić information content (AvgIpc) is 2.94. The van der Waals surface area contributed by atoms with Gasteiger partial charge in [0.1, 0.15) is 10.9 Å². The molecule has 1 aromatic carbocycles. The molecule has 1 amide bonds. The number of amides is 1. The zero-order chi connectivity index (χ0) is 13.7. The normalized spacial score (nSPS) is 11.6. The molecule has 2 aromatic rings. The Morgan fingerprint density at radius 2 is 2.21 bits per heavy atom. The summed E-state index contributed by atoms with van der Waals surface area (Å²) in [6.45, 7) is 1.91. The van der Waals surface area contributed by atoms with Crippen molar-refractivity contribution in [2.75, 3.05) is 0 Å². The number of nitrogens with zero attached hydrogens (tertiary/aromatic N) is 3. The predicted octanol–water partition coefficient (Wildman–Crippen LogP) is 2.10. The summed E-state index contributed by atoms with van der Waals surface area (Å²) >= 11 is 1.05. The largest absolute Gasteiger partial charge is 0.332 e. The van der Waals surface area contributed by atoms with E-state index in [1.54, 1.807) is 12.1 Å². The van der Waals surface area contributed by atoms with Crippen molar-refractivity contribution in [1.82, 2.24) is 14.9 Å². The summed E-state index contributed by atoms with van der Waals surface area (Å²) in [6.07, 6.45) is 0.641. The molecule has 0 aliphatic rings. The molecular weight excluding hydrogens is 260 g/mol. The van der Waals surface area contributed by atoms with Crippen molar-refractivity contribution in [2.24, 2.45) is 0 Å². The molecule has 96 valence electrons. The third-order valence-electron chi connectivity index (χ3n) is 2.63. The maximum absolute atomic E-state index is 12.1. The standard InChI is InChI=1S/C13H12N4OS/c1-2-10-12(19-17-16-10)13(18)15-11(8-14)9-6-4-3-5-7-9/h3-7,11H,2H2,1H3,(H,15,18). The first-order valence-electron chi connectivity index (χ1n) is 5.83. The molecule has 0 saturated carbocycles. The van der Waals surface area contributed by atoms with Crippen LogP contribution in [0, 0.1) is 11.3 Å². The maximum Gasteiger partial charge on any atom is 0.266 e. The van der Waals surface area contributed by atoms with Gasteiger partial charge >= 0.3 is 0 Å². The van der Waals surface area contributed by atoms with Gasteiger partial charge in [-0.2, -0.15) is 5.26 Å². The molecule has 0 radical (unpaired) electrons. The fourth-order valence-electron chi connectivity index (χ4n) is 1.64. The van der Waals surface area contributed by atoms with Gasteiger partial charge in [0.05, 0.1) is 11.8 Å². The van der Waals surface area contributed by atoms with Crippen LogP contribution in [0.4, 0.5) is 0 Å². The molecule has 0 bridgehead atoms. The van der Waals surface area contributed by atoms with Crippen molar-refractivity contribution in [3.63, 3.8) is 0 Å². The number of nitrogens with one attached hydrogen (secondary N) is 1. The summed E-state index contributed by atoms with van der Waals surface area (Å²) in [6, 6.07) is 10.6. The topological polar surface area (TPSA) is 78.7 Å². The summed E-state index contributed by atoms with van der Waals surface area (Å²) in [4.78, 5) is 12.6. The van der Waals surface area contributed by atoms with Crippen LogP contribution >= 0.6 is 11.5 Å². The van der Waals surface area contributed by atoms with Crippen molar-refractivity contribution in [3.8, 4) is 6.07 Å². The lowest BCUT2D eigenvalue weighted by atomic mass is 10.1. The first kappa shape index (κ1) is 13.2. The number of carbonyl (C=O) groups is 1. The molecule has 1 atom stereocenters. The van der Waals surface area contributed by atoms with E-state index >= 15 is 0 Å². The van der Waals surface area contributed by atoms with Gasteiger partial charge in [-0.25, -0.2) is 0 Å². The first-order valence-corrected chi connectivity index (χ1v) is 6.60. The van der Waals surface area contributed by atoms with Gasteiger partial charge in [0.15, 0.2) is 0 Å². The molecule has 2 rings (SSSR count). The van der Waals surface area contributed by atoms with E-state index in [4.69, 9.17) is 5.26 Å². The molecule has 0 aliphatic carbocycles. The highest BCUT2D eigenvalue weighted by molar-refractivity contribution is 7.08. The van der Waals surface area contributed by atoms with Gasteiger partial charge in [-0.05, 0) is 23.5 Å². The van der Waals surface area contributed by atoms with Gasteiger partial charge in [-0.1, -0.05) is 41.7 Å². The summed E-state index contributed by atoms with van der Waals surface area (Å²) in [5, 5.41) is 15.7. The van der Waals surface area contributed by atoms with Gasteiger partial charge < -0.3 is 5.32 Å². The van der Waals surface area contributed by atoms with E-state index in [0.717, 1.165) is 17.1 Å². The van der Waals surface area contributed by atoms with Crippen LogP contribution in [0.15, 0.2) is 30.3 Å². The van der Waals surface area contributed by atoms with Crippen molar-refractivity contribution < 1.29 is 4.79 Å². The van der Waals surface area contributed by atoms with Crippen molar-refractivity contribution in [1.29, 1.82) is 5.26 Å². The highest BCUT2D eigenvalue weighted by Gasteiger charge is 2.19. The zero-order valence-electron chi connectivity index (χ0n) is 10.3. The van der Waals surface area contributed by atoms with E-state index in [1.807, 2.05) is 25.1 Å². The molecule has 6 heteroatoms. The number of hydrogen-bond donors (Lipinski definition) is 1. The van der Waals surface area contributed by atoms with Gasteiger partial charge in [0.2, 0.25) is 0 Å². The van der Waals surface area contributed by atoms with Gasteiger partial charge in [-0.3, -0.25) is 4.79 Å². The third-order valence-corrected chi connectivity index (χ3v) is 3.40. The molecule has 5 nitrogen and oxygen atoms in total. The molecule has 19 heavy (non-hydrogen) atoms. The van der Waals surface area contributed by atoms with E-state index < -0.39 is 6.04 Å². The van der Waals surface area contributed by atoms with E-state index in [2.05, 4.69) is 21.0 Å². The highest BCUT2D eigenvalue weighted by Crippen LogP contribution is 2.15. The number of nitriles is 1. The van der Waals surface area contributed by atoms with Crippen LogP contribution in [0.1, 0.15) is 33.9 Å². The van der Waals surface area contributed by atoms with Gasteiger partial charge in [0.25, 0.3) is 5.91 Å². The Morgan fingerprint density at radius 1 is 1.47 bits per heavy atom. The summed E-state index contributed by atoms with van der Waals surface area (Å²) in [7, 11) is 0. The van der Waals surface area contributed by atoms with E-state index in [1.165, 1.54) is 0 Å². The Labute approximate surface area is 115 Å². The predicted molar refractivity (Wildman–Crippen MR) is 71.5 cm³/mol. The van der Waals surface area contributed by atoms with Crippen LogP contribution in [0.2, 0.25) is 0 Å². The molecule has 0 saturated heterocycles. The Morgan fingerprint density at radius 3 is 2.84 bits per heavy atom. The number of hydrogen-bond acceptors (Lipinski definition) is 5. The van der Waals surface area contributed by atoms with Crippen LogP contribution in [-0.2, 0) is 6.42 Å². The van der Waals surface area contributed by atoms with Crippen molar-refractivity contribution in [2.45, 2.75) is 19.4 Å². The molecule has 1 unspecified atom stereocenters. The number of aromatic nitrogens is 2. The maximum atomic E-state index is 12.1. The lowest BCUT2D eigenvalue weighted by Crippen LogP contribution is -2.27. The van der Waals surface area contributed by atoms with Crippen molar-refractivity contribution in [3.05, 3.63) is 46.5 Å². The van der Waals surface area contributed by atoms with E-state index in [-0.39, 0.29) is 5.91 Å². The molecular formula is C13H12N4OS. The third kappa shape index (κ3) is 2.95. The number of benzene rings is 1. The SMILES string of the molecule is CCc1nnsc1C(=O)NC(C#N)c1ccccc1. The fourth-order valence-corrected chi connectivity index (χ4v) is 2.30. The molecule has 1 aromatic heterocycles. The Hall–Kier alpha value is -2.26. The Balaban J connectivity index is 2.16. The van der Waals surface area contributed by atoms with Crippen molar-refractivity contribution >= 4 is 17.4 Å². The number of rotatable bonds is 4. The zero-order valence-corrected chi connectivity index (χ0v) is 11.1. The van der Waals surface area contributed by atoms with Gasteiger partial charge in [-0.15, -0.1) is 5.10 Å². The molecule has 1 N–H and O–H groups in total. The number of carbonyl (C=O) groups excluding carboxylic acids is 1. The second-order valence-corrected chi connectivity index (χ2v) is 4.60. The lowest BCUT2D eigenvalue weighted by Gasteiger charge is -2.11. The minimum absolute atomic E-state index is 0.303. The average molecular weight is 272 g/mol. The summed E-state index contributed by atoms with van der Waals surface area (Å²) in [5.41, 5.74) is 1.42. The lowest BCUT2D eigenvalue weighted by molar-refractivity contribution is 0.0948. The van der Waals surface area contributed by atoms with Gasteiger partial charge in [0, 0.05) is 0 Å². The monoisotopic (exact) mass is 272 g/mol. The van der Waals surface area contributed by atoms with Crippen LogP contribution in [0.3, 0.4) is 0 Å². The minimum Gasteiger partial charge on any atom is -0.332 e. The summed E-state index contributed by atoms with van der Waals surface area (Å²) in [5.74, 6) is -0.303. The second-order valence-electron chi connectivity index (χ2n) is 3.85. The Kier molecular flexibility index (Phi) is 4.21. The highest BCUT2D eigenvalue weighted by atomic mass is 32.1.